The minimum Gasteiger partial charge on any atom is -0.392 e. The molecule has 5 radical (unpaired) electrons. The summed E-state index contributed by atoms with van der Waals surface area (Å²) in [4.78, 5) is 0. The molecule has 0 unspecified atom stereocenters. The summed E-state index contributed by atoms with van der Waals surface area (Å²) in [7, 11) is 0. The van der Waals surface area contributed by atoms with E-state index >= 15 is 0 Å². The molecule has 1 nitrogen and oxygen atoms in total. The molecular weight excluding hydrogens is 208 g/mol. The van der Waals surface area contributed by atoms with E-state index in [0.29, 0.717) is 0 Å². The smallest absolute Gasteiger partial charge is 0.0684 e. The highest BCUT2D eigenvalue weighted by Crippen LogP contribution is 2.55. The Bertz CT molecular complexity index is 371. The zero-order chi connectivity index (χ0) is 12.6. The number of aliphatic hydroxyl groups is 1. The largest absolute Gasteiger partial charge is 0.392 e. The van der Waals surface area contributed by atoms with Crippen molar-refractivity contribution in [1.29, 1.82) is 0 Å². The predicted octanol–water partition coefficient (Wildman–Crippen LogP) is 3.49. The van der Waals surface area contributed by atoms with Crippen LogP contribution in [-0.2, 0) is 6.61 Å². The van der Waals surface area contributed by atoms with Gasteiger partial charge in [0.05, 0.1) is 6.61 Å². The Kier molecular flexibility index (Phi) is 3.58. The lowest BCUT2D eigenvalue weighted by atomic mass is 9.81. The molecule has 1 aliphatic rings. The monoisotopic (exact) mass is 227 g/mol. The minimum atomic E-state index is 0.0956. The first-order valence-electron chi connectivity index (χ1n) is 6.00. The van der Waals surface area contributed by atoms with Crippen LogP contribution in [0.2, 0.25) is 0 Å². The Labute approximate surface area is 105 Å². The lowest BCUT2D eigenvalue weighted by Crippen LogP contribution is -2.11. The van der Waals surface area contributed by atoms with Crippen molar-refractivity contribution in [3.8, 4) is 0 Å². The predicted molar refractivity (Wildman–Crippen MR) is 70.4 cm³/mol. The molecule has 1 aromatic carbocycles. The van der Waals surface area contributed by atoms with Gasteiger partial charge in [-0.3, -0.25) is 0 Å². The molecule has 1 heteroatoms. The van der Waals surface area contributed by atoms with E-state index in [4.69, 9.17) is 0 Å². The summed E-state index contributed by atoms with van der Waals surface area (Å²) >= 11 is 0. The van der Waals surface area contributed by atoms with Crippen LogP contribution in [0.25, 0.3) is 0 Å². The highest BCUT2D eigenvalue weighted by molar-refractivity contribution is 5.67. The third-order valence-corrected chi connectivity index (χ3v) is 3.89. The molecule has 89 valence electrons. The number of hydrogen-bond donors (Lipinski definition) is 1. The Morgan fingerprint density at radius 3 is 1.88 bits per heavy atom. The maximum Gasteiger partial charge on any atom is 0.0684 e. The molecule has 0 heterocycles. The van der Waals surface area contributed by atoms with Gasteiger partial charge in [-0.1, -0.05) is 52.0 Å². The van der Waals surface area contributed by atoms with Crippen molar-refractivity contribution in [2.75, 3.05) is 0 Å². The Hall–Kier alpha value is -0.820. The van der Waals surface area contributed by atoms with Crippen molar-refractivity contribution in [1.82, 2.24) is 0 Å². The summed E-state index contributed by atoms with van der Waals surface area (Å²) in [6, 6.07) is 8.10. The van der Waals surface area contributed by atoms with E-state index < -0.39 is 0 Å². The molecular formula is C16H19O. The van der Waals surface area contributed by atoms with Crippen molar-refractivity contribution in [2.45, 2.75) is 34.3 Å². The normalized spacial score (nSPS) is 21.5. The molecule has 2 rings (SSSR count). The number of benzene rings is 1. The van der Waals surface area contributed by atoms with Crippen LogP contribution in [0.4, 0.5) is 0 Å². The van der Waals surface area contributed by atoms with E-state index in [2.05, 4.69) is 33.8 Å². The lowest BCUT2D eigenvalue weighted by molar-refractivity contribution is 0.281. The topological polar surface area (TPSA) is 20.2 Å². The molecule has 0 amide bonds. The molecule has 17 heavy (non-hydrogen) atoms. The fraction of sp³-hybridized carbons (Fsp3) is 0.312. The van der Waals surface area contributed by atoms with Gasteiger partial charge in [-0.25, -0.2) is 0 Å². The SMILES string of the molecule is C[C]1[C](C)[C](C)[C](c2ccccc2CO)[C]1C. The van der Waals surface area contributed by atoms with Crippen LogP contribution in [0.1, 0.15) is 38.8 Å². The van der Waals surface area contributed by atoms with E-state index in [1.54, 1.807) is 0 Å². The van der Waals surface area contributed by atoms with Gasteiger partial charge in [-0.15, -0.1) is 0 Å². The molecule has 0 bridgehead atoms. The number of rotatable bonds is 2. The Morgan fingerprint density at radius 1 is 0.824 bits per heavy atom. The van der Waals surface area contributed by atoms with Crippen molar-refractivity contribution in [3.05, 3.63) is 65.0 Å². The van der Waals surface area contributed by atoms with Crippen molar-refractivity contribution < 1.29 is 5.11 Å². The van der Waals surface area contributed by atoms with Gasteiger partial charge in [0.25, 0.3) is 0 Å². The van der Waals surface area contributed by atoms with Gasteiger partial charge in [0.2, 0.25) is 0 Å². The van der Waals surface area contributed by atoms with E-state index in [0.717, 1.165) is 5.56 Å². The summed E-state index contributed by atoms with van der Waals surface area (Å²) in [6.45, 7) is 8.77. The minimum absolute atomic E-state index is 0.0956. The average Bonchev–Trinajstić information content (AvgIpc) is 2.54. The van der Waals surface area contributed by atoms with Crippen molar-refractivity contribution in [3.63, 3.8) is 0 Å². The van der Waals surface area contributed by atoms with Gasteiger partial charge in [-0.2, -0.15) is 0 Å². The van der Waals surface area contributed by atoms with Gasteiger partial charge in [0.15, 0.2) is 0 Å². The van der Waals surface area contributed by atoms with Crippen LogP contribution >= 0.6 is 0 Å². The quantitative estimate of drug-likeness (QED) is 0.820. The Balaban J connectivity index is 2.39. The van der Waals surface area contributed by atoms with Crippen LogP contribution in [0.3, 0.4) is 0 Å². The standard InChI is InChI=1S/C16H19O/c1-10-11(2)13(4)16(12(10)3)15-8-6-5-7-14(15)9-17/h5-8,17H,9H2,1-4H3. The second kappa shape index (κ2) is 4.81. The molecule has 1 saturated carbocycles. The molecule has 1 aromatic rings. The van der Waals surface area contributed by atoms with Crippen LogP contribution in [0.15, 0.2) is 24.3 Å². The van der Waals surface area contributed by atoms with E-state index in [9.17, 15) is 5.11 Å². The van der Waals surface area contributed by atoms with Crippen molar-refractivity contribution in [2.24, 2.45) is 0 Å². The molecule has 1 N–H and O–H groups in total. The molecule has 0 aliphatic heterocycles. The molecule has 0 aromatic heterocycles. The van der Waals surface area contributed by atoms with Gasteiger partial charge >= 0.3 is 0 Å². The van der Waals surface area contributed by atoms with E-state index in [1.807, 2.05) is 18.2 Å². The van der Waals surface area contributed by atoms with E-state index in [1.165, 1.54) is 35.2 Å². The summed E-state index contributed by atoms with van der Waals surface area (Å²) in [5.41, 5.74) is 2.17. The second-order valence-corrected chi connectivity index (χ2v) is 4.69. The van der Waals surface area contributed by atoms with Gasteiger partial charge in [0, 0.05) is 5.92 Å². The first-order chi connectivity index (χ1) is 8.07. The number of hydrogen-bond acceptors (Lipinski definition) is 1. The van der Waals surface area contributed by atoms with Gasteiger partial charge in [0.1, 0.15) is 0 Å². The summed E-state index contributed by atoms with van der Waals surface area (Å²) in [5.74, 6) is 6.70. The van der Waals surface area contributed by atoms with Crippen LogP contribution < -0.4 is 0 Å². The summed E-state index contributed by atoms with van der Waals surface area (Å²) < 4.78 is 0. The average molecular weight is 227 g/mol. The van der Waals surface area contributed by atoms with Crippen molar-refractivity contribution >= 4 is 0 Å². The third kappa shape index (κ3) is 2.01. The van der Waals surface area contributed by atoms with Crippen LogP contribution in [-0.4, -0.2) is 5.11 Å². The first-order valence-corrected chi connectivity index (χ1v) is 6.00. The highest BCUT2D eigenvalue weighted by atomic mass is 16.3. The zero-order valence-corrected chi connectivity index (χ0v) is 11.0. The third-order valence-electron chi connectivity index (χ3n) is 3.89. The number of aliphatic hydroxyl groups excluding tert-OH is 1. The lowest BCUT2D eigenvalue weighted by Gasteiger charge is -2.22. The molecule has 1 fully saturated rings. The fourth-order valence-electron chi connectivity index (χ4n) is 2.52. The van der Waals surface area contributed by atoms with Crippen LogP contribution in [0.5, 0.6) is 0 Å². The first kappa shape index (κ1) is 12.6. The zero-order valence-electron chi connectivity index (χ0n) is 11.0. The van der Waals surface area contributed by atoms with Gasteiger partial charge < -0.3 is 5.11 Å². The summed E-state index contributed by atoms with van der Waals surface area (Å²) in [6.07, 6.45) is 0. The Morgan fingerprint density at radius 2 is 1.35 bits per heavy atom. The maximum absolute atomic E-state index is 9.44. The molecule has 0 saturated heterocycles. The van der Waals surface area contributed by atoms with E-state index in [-0.39, 0.29) is 6.61 Å². The van der Waals surface area contributed by atoms with Gasteiger partial charge in [-0.05, 0) is 34.8 Å². The summed E-state index contributed by atoms with van der Waals surface area (Å²) in [5, 5.41) is 9.44. The maximum atomic E-state index is 9.44. The molecule has 1 aliphatic carbocycles. The fourth-order valence-corrected chi connectivity index (χ4v) is 2.52. The molecule has 0 atom stereocenters. The molecule has 0 spiro atoms. The highest BCUT2D eigenvalue weighted by Gasteiger charge is 2.44. The van der Waals surface area contributed by atoms with Crippen LogP contribution in [0, 0.1) is 29.6 Å². The second-order valence-electron chi connectivity index (χ2n) is 4.69.